The predicted octanol–water partition coefficient (Wildman–Crippen LogP) is 8.41. The van der Waals surface area contributed by atoms with Crippen LogP contribution in [-0.4, -0.2) is 28.0 Å². The topological polar surface area (TPSA) is 100 Å². The van der Waals surface area contributed by atoms with Gasteiger partial charge in [-0.15, -0.1) is 23.1 Å². The minimum absolute atomic E-state index is 0.115. The van der Waals surface area contributed by atoms with Crippen LogP contribution in [0.1, 0.15) is 28.4 Å². The van der Waals surface area contributed by atoms with Crippen LogP contribution in [0.25, 0.3) is 17.3 Å². The third-order valence-corrected chi connectivity index (χ3v) is 8.95. The molecule has 0 bridgehead atoms. The molecule has 1 atom stereocenters. The molecule has 10 heteroatoms. The molecule has 3 amide bonds. The molecule has 45 heavy (non-hydrogen) atoms. The fourth-order valence-electron chi connectivity index (χ4n) is 4.23. The molecule has 0 saturated heterocycles. The maximum atomic E-state index is 13.3. The van der Waals surface area contributed by atoms with Crippen molar-refractivity contribution in [2.24, 2.45) is 0 Å². The quantitative estimate of drug-likeness (QED) is 0.101. The monoisotopic (exact) mass is 696 g/mol. The average Bonchev–Trinajstić information content (AvgIpc) is 3.50. The molecular formula is C35H29BrN4O3S2. The van der Waals surface area contributed by atoms with Crippen molar-refractivity contribution in [1.29, 1.82) is 0 Å². The van der Waals surface area contributed by atoms with Gasteiger partial charge in [0.05, 0.1) is 10.9 Å². The second-order valence-electron chi connectivity index (χ2n) is 10.1. The highest BCUT2D eigenvalue weighted by Gasteiger charge is 2.18. The molecule has 226 valence electrons. The van der Waals surface area contributed by atoms with E-state index in [9.17, 15) is 14.4 Å². The van der Waals surface area contributed by atoms with Gasteiger partial charge >= 0.3 is 0 Å². The van der Waals surface area contributed by atoms with Gasteiger partial charge < -0.3 is 16.0 Å². The Morgan fingerprint density at radius 1 is 0.889 bits per heavy atom. The summed E-state index contributed by atoms with van der Waals surface area (Å²) in [5.41, 5.74) is 4.70. The number of aromatic nitrogens is 1. The summed E-state index contributed by atoms with van der Waals surface area (Å²) in [5, 5.41) is 10.6. The number of nitrogens with one attached hydrogen (secondary N) is 3. The van der Waals surface area contributed by atoms with Gasteiger partial charge in [0.2, 0.25) is 5.91 Å². The van der Waals surface area contributed by atoms with Crippen LogP contribution in [-0.2, 0) is 9.59 Å². The highest BCUT2D eigenvalue weighted by molar-refractivity contribution is 9.10. The molecule has 0 fully saturated rings. The van der Waals surface area contributed by atoms with E-state index in [0.717, 1.165) is 31.8 Å². The van der Waals surface area contributed by atoms with Gasteiger partial charge in [-0.2, -0.15) is 0 Å². The first-order valence-corrected chi connectivity index (χ1v) is 16.5. The molecule has 1 heterocycles. The van der Waals surface area contributed by atoms with E-state index in [1.807, 2.05) is 86.0 Å². The van der Waals surface area contributed by atoms with Crippen LogP contribution in [0.2, 0.25) is 0 Å². The number of carbonyl (C=O) groups excluding carboxylic acids is 3. The highest BCUT2D eigenvalue weighted by atomic mass is 79.9. The Bertz CT molecular complexity index is 1840. The van der Waals surface area contributed by atoms with Gasteiger partial charge in [-0.05, 0) is 74.0 Å². The molecule has 4 aromatic carbocycles. The van der Waals surface area contributed by atoms with Gasteiger partial charge in [-0.3, -0.25) is 14.4 Å². The summed E-state index contributed by atoms with van der Waals surface area (Å²) in [5.74, 6) is -1.000. The summed E-state index contributed by atoms with van der Waals surface area (Å²) in [6, 6.07) is 31.4. The van der Waals surface area contributed by atoms with Crippen molar-refractivity contribution in [3.63, 3.8) is 0 Å². The molecule has 3 N–H and O–H groups in total. The number of anilines is 2. The zero-order valence-electron chi connectivity index (χ0n) is 24.4. The largest absolute Gasteiger partial charge is 0.321 e. The maximum absolute atomic E-state index is 13.3. The van der Waals surface area contributed by atoms with Crippen molar-refractivity contribution >= 4 is 73.6 Å². The smallest absolute Gasteiger partial charge is 0.272 e. The second kappa shape index (κ2) is 15.0. The Morgan fingerprint density at radius 2 is 1.62 bits per heavy atom. The lowest BCUT2D eigenvalue weighted by molar-refractivity contribution is -0.115. The molecule has 0 aliphatic carbocycles. The summed E-state index contributed by atoms with van der Waals surface area (Å²) >= 11 is 6.21. The van der Waals surface area contributed by atoms with Crippen LogP contribution in [0, 0.1) is 6.92 Å². The van der Waals surface area contributed by atoms with Crippen molar-refractivity contribution in [3.8, 4) is 11.3 Å². The SMILES string of the molecule is Cc1cccc(/C=C(\NC(=O)c2ccccc2)C(=O)Nc2ccc(SC(C)C(=O)Nc3nc(-c4ccc(Br)cc4)cs3)cc2)c1. The van der Waals surface area contributed by atoms with Gasteiger partial charge in [0.1, 0.15) is 5.70 Å². The molecule has 5 aromatic rings. The Hall–Kier alpha value is -4.51. The lowest BCUT2D eigenvalue weighted by atomic mass is 10.1. The first-order valence-electron chi connectivity index (χ1n) is 14.0. The van der Waals surface area contributed by atoms with E-state index >= 15 is 0 Å². The minimum Gasteiger partial charge on any atom is -0.321 e. The molecule has 1 unspecified atom stereocenters. The number of rotatable bonds is 10. The molecule has 0 aliphatic heterocycles. The number of hydrogen-bond donors (Lipinski definition) is 3. The van der Waals surface area contributed by atoms with Crippen molar-refractivity contribution in [2.75, 3.05) is 10.6 Å². The summed E-state index contributed by atoms with van der Waals surface area (Å²) in [7, 11) is 0. The Morgan fingerprint density at radius 3 is 2.33 bits per heavy atom. The van der Waals surface area contributed by atoms with Crippen LogP contribution in [0.5, 0.6) is 0 Å². The van der Waals surface area contributed by atoms with Crippen molar-refractivity contribution in [3.05, 3.63) is 135 Å². The fraction of sp³-hybridized carbons (Fsp3) is 0.0857. The number of thiazole rings is 1. The highest BCUT2D eigenvalue weighted by Crippen LogP contribution is 2.29. The number of carbonyl (C=O) groups is 3. The van der Waals surface area contributed by atoms with Gasteiger partial charge in [-0.1, -0.05) is 76.1 Å². The van der Waals surface area contributed by atoms with E-state index in [2.05, 4.69) is 36.9 Å². The van der Waals surface area contributed by atoms with Crippen LogP contribution < -0.4 is 16.0 Å². The van der Waals surface area contributed by atoms with E-state index in [0.29, 0.717) is 16.4 Å². The summed E-state index contributed by atoms with van der Waals surface area (Å²) in [6.07, 6.45) is 1.65. The zero-order chi connectivity index (χ0) is 31.8. The van der Waals surface area contributed by atoms with Crippen LogP contribution in [0.15, 0.2) is 124 Å². The fourth-order valence-corrected chi connectivity index (χ4v) is 6.09. The van der Waals surface area contributed by atoms with E-state index in [1.165, 1.54) is 23.1 Å². The van der Waals surface area contributed by atoms with Gasteiger partial charge in [0.15, 0.2) is 5.13 Å². The summed E-state index contributed by atoms with van der Waals surface area (Å²) < 4.78 is 0.989. The molecule has 0 radical (unpaired) electrons. The van der Waals surface area contributed by atoms with Crippen LogP contribution in [0.4, 0.5) is 10.8 Å². The maximum Gasteiger partial charge on any atom is 0.272 e. The van der Waals surface area contributed by atoms with Crippen molar-refractivity contribution in [1.82, 2.24) is 10.3 Å². The summed E-state index contributed by atoms with van der Waals surface area (Å²) in [6.45, 7) is 3.79. The first-order chi connectivity index (χ1) is 21.7. The number of aryl methyl sites for hydroxylation is 1. The number of nitrogens with zero attached hydrogens (tertiary/aromatic N) is 1. The minimum atomic E-state index is -0.458. The van der Waals surface area contributed by atoms with Crippen LogP contribution in [0.3, 0.4) is 0 Å². The molecule has 7 nitrogen and oxygen atoms in total. The number of hydrogen-bond acceptors (Lipinski definition) is 6. The second-order valence-corrected chi connectivity index (χ2v) is 13.3. The molecule has 0 saturated carbocycles. The number of thioether (sulfide) groups is 1. The molecule has 0 spiro atoms. The Labute approximate surface area is 278 Å². The Balaban J connectivity index is 1.21. The van der Waals surface area contributed by atoms with Crippen LogP contribution >= 0.6 is 39.0 Å². The summed E-state index contributed by atoms with van der Waals surface area (Å²) in [4.78, 5) is 44.5. The average molecular weight is 698 g/mol. The standard InChI is InChI=1S/C35H29BrN4O3S2/c1-22-7-6-8-24(19-22)20-30(38-33(42)26-9-4-3-5-10-26)34(43)37-28-15-17-29(18-16-28)45-23(2)32(41)40-35-39-31(21-44-35)25-11-13-27(36)14-12-25/h3-21,23H,1-2H3,(H,37,43)(H,38,42)(H,39,40,41)/b30-20-. The van der Waals surface area contributed by atoms with Crippen molar-refractivity contribution < 1.29 is 14.4 Å². The molecule has 0 aliphatic rings. The molecular weight excluding hydrogens is 668 g/mol. The predicted molar refractivity (Wildman–Crippen MR) is 187 cm³/mol. The van der Waals surface area contributed by atoms with E-state index in [-0.39, 0.29) is 22.8 Å². The van der Waals surface area contributed by atoms with Gasteiger partial charge in [0, 0.05) is 31.6 Å². The number of halogens is 1. The number of amides is 3. The number of benzene rings is 4. The van der Waals surface area contributed by atoms with E-state index < -0.39 is 5.91 Å². The Kier molecular flexibility index (Phi) is 10.6. The zero-order valence-corrected chi connectivity index (χ0v) is 27.6. The van der Waals surface area contributed by atoms with Gasteiger partial charge in [0.25, 0.3) is 11.8 Å². The van der Waals surface area contributed by atoms with Gasteiger partial charge in [-0.25, -0.2) is 4.98 Å². The lowest BCUT2D eigenvalue weighted by Gasteiger charge is -2.13. The van der Waals surface area contributed by atoms with E-state index in [4.69, 9.17) is 0 Å². The first kappa shape index (κ1) is 31.9. The molecule has 1 aromatic heterocycles. The van der Waals surface area contributed by atoms with E-state index in [1.54, 1.807) is 42.5 Å². The normalized spacial score (nSPS) is 11.8. The van der Waals surface area contributed by atoms with Crippen molar-refractivity contribution in [2.45, 2.75) is 24.0 Å². The third kappa shape index (κ3) is 9.01. The lowest BCUT2D eigenvalue weighted by Crippen LogP contribution is -2.30. The third-order valence-electron chi connectivity index (χ3n) is 6.55. The molecule has 5 rings (SSSR count).